The van der Waals surface area contributed by atoms with Gasteiger partial charge in [0.25, 0.3) is 0 Å². The van der Waals surface area contributed by atoms with Gasteiger partial charge in [-0.1, -0.05) is 60.6 Å². The monoisotopic (exact) mass is 584 g/mol. The van der Waals surface area contributed by atoms with Gasteiger partial charge in [-0.3, -0.25) is 14.4 Å². The smallest absolute Gasteiger partial charge is 0.320 e. The summed E-state index contributed by atoms with van der Waals surface area (Å²) in [4.78, 5) is 37.8. The van der Waals surface area contributed by atoms with Crippen LogP contribution in [-0.4, -0.2) is 34.2 Å². The molecular formula is C36H56O6. The molecule has 5 fully saturated rings. The van der Waals surface area contributed by atoms with Crippen molar-refractivity contribution in [1.29, 1.82) is 0 Å². The Balaban J connectivity index is 1.45. The van der Waals surface area contributed by atoms with E-state index in [4.69, 9.17) is 4.74 Å². The van der Waals surface area contributed by atoms with E-state index >= 15 is 0 Å². The zero-order valence-corrected chi connectivity index (χ0v) is 27.4. The Hall–Kier alpha value is -1.85. The van der Waals surface area contributed by atoms with Crippen molar-refractivity contribution >= 4 is 17.9 Å². The van der Waals surface area contributed by atoms with Gasteiger partial charge >= 0.3 is 17.9 Å². The summed E-state index contributed by atoms with van der Waals surface area (Å²) in [6, 6.07) is 0. The number of carbonyl (C=O) groups excluding carboxylic acids is 1. The molecule has 0 spiro atoms. The number of carbonyl (C=O) groups is 3. The lowest BCUT2D eigenvalue weighted by Crippen LogP contribution is -2.67. The predicted octanol–water partition coefficient (Wildman–Crippen LogP) is 8.00. The van der Waals surface area contributed by atoms with Crippen LogP contribution in [0.5, 0.6) is 0 Å². The van der Waals surface area contributed by atoms with E-state index in [9.17, 15) is 24.6 Å². The van der Waals surface area contributed by atoms with Gasteiger partial charge in [-0.2, -0.15) is 0 Å². The third-order valence-corrected chi connectivity index (χ3v) is 14.9. The molecule has 11 atom stereocenters. The van der Waals surface area contributed by atoms with E-state index in [-0.39, 0.29) is 39.6 Å². The first-order valence-corrected chi connectivity index (χ1v) is 16.7. The zero-order chi connectivity index (χ0) is 31.2. The van der Waals surface area contributed by atoms with Gasteiger partial charge in [-0.25, -0.2) is 0 Å². The van der Waals surface area contributed by atoms with E-state index in [1.807, 2.05) is 0 Å². The number of rotatable bonds is 6. The highest BCUT2D eigenvalue weighted by atomic mass is 16.5. The zero-order valence-electron chi connectivity index (χ0n) is 27.4. The van der Waals surface area contributed by atoms with Crippen LogP contribution in [0, 0.1) is 68.5 Å². The van der Waals surface area contributed by atoms with Crippen molar-refractivity contribution in [3.63, 3.8) is 0 Å². The van der Waals surface area contributed by atoms with Gasteiger partial charge in [0.2, 0.25) is 0 Å². The molecule has 6 heteroatoms. The molecule has 0 aromatic rings. The normalized spacial score (nSPS) is 46.4. The molecule has 236 valence electrons. The summed E-state index contributed by atoms with van der Waals surface area (Å²) in [6.07, 6.45) is 9.27. The molecule has 0 radical (unpaired) electrons. The highest BCUT2D eigenvalue weighted by Crippen LogP contribution is 2.77. The van der Waals surface area contributed by atoms with Gasteiger partial charge in [0, 0.05) is 5.41 Å². The summed E-state index contributed by atoms with van der Waals surface area (Å²) in [5.41, 5.74) is 0.565. The van der Waals surface area contributed by atoms with Gasteiger partial charge in [0.1, 0.15) is 6.10 Å². The average Bonchev–Trinajstić information content (AvgIpc) is 3.27. The van der Waals surface area contributed by atoms with Gasteiger partial charge in [-0.15, -0.1) is 0 Å². The van der Waals surface area contributed by atoms with Crippen LogP contribution in [0.25, 0.3) is 0 Å². The van der Waals surface area contributed by atoms with Gasteiger partial charge in [0.05, 0.1) is 5.41 Å². The van der Waals surface area contributed by atoms with Crippen LogP contribution < -0.4 is 0 Å². The molecule has 5 aliphatic rings. The Labute approximate surface area is 253 Å². The fourth-order valence-electron chi connectivity index (χ4n) is 12.6. The number of carboxylic acid groups (broad SMARTS) is 2. The molecule has 5 saturated carbocycles. The molecule has 1 unspecified atom stereocenters. The molecule has 0 heterocycles. The molecule has 5 aliphatic carbocycles. The minimum Gasteiger partial charge on any atom is -0.481 e. The maximum Gasteiger partial charge on any atom is 0.320 e. The lowest BCUT2D eigenvalue weighted by atomic mass is 9.32. The second-order valence-corrected chi connectivity index (χ2v) is 17.0. The van der Waals surface area contributed by atoms with Crippen molar-refractivity contribution in [3.05, 3.63) is 12.2 Å². The highest BCUT2D eigenvalue weighted by Gasteiger charge is 2.72. The van der Waals surface area contributed by atoms with Gasteiger partial charge in [-0.05, 0) is 123 Å². The van der Waals surface area contributed by atoms with E-state index < -0.39 is 29.2 Å². The largest absolute Gasteiger partial charge is 0.481 e. The molecule has 0 amide bonds. The second-order valence-electron chi connectivity index (χ2n) is 17.0. The molecule has 2 N–H and O–H groups in total. The predicted molar refractivity (Wildman–Crippen MR) is 162 cm³/mol. The SMILES string of the molecule is C=C(C)[C@@H]1CC[C@]2(C(=O)O)CC[C@]3(C)[C@H](CC[C@@H]4[C@@]5(C)CC[C@H](OC(=O)C(C(=O)O)C(C)C)C(C)(C)[C@@H]5CC[C@]43C)[C@@H]12. The molecule has 6 nitrogen and oxygen atoms in total. The first-order valence-electron chi connectivity index (χ1n) is 16.7. The number of aliphatic carboxylic acids is 2. The Kier molecular flexibility index (Phi) is 7.58. The number of hydrogen-bond acceptors (Lipinski definition) is 4. The van der Waals surface area contributed by atoms with Crippen LogP contribution in [0.3, 0.4) is 0 Å². The summed E-state index contributed by atoms with van der Waals surface area (Å²) in [6.45, 7) is 22.0. The van der Waals surface area contributed by atoms with Crippen LogP contribution in [-0.2, 0) is 19.1 Å². The molecule has 0 bridgehead atoms. The van der Waals surface area contributed by atoms with E-state index in [2.05, 4.69) is 48.1 Å². The van der Waals surface area contributed by atoms with E-state index in [0.29, 0.717) is 23.7 Å². The number of ether oxygens (including phenoxy) is 1. The number of allylic oxidation sites excluding steroid dienone is 1. The lowest BCUT2D eigenvalue weighted by molar-refractivity contribution is -0.251. The Bertz CT molecular complexity index is 1160. The third kappa shape index (κ3) is 4.11. The molecule has 0 saturated heterocycles. The fourth-order valence-corrected chi connectivity index (χ4v) is 12.6. The van der Waals surface area contributed by atoms with Gasteiger partial charge < -0.3 is 14.9 Å². The summed E-state index contributed by atoms with van der Waals surface area (Å²) in [7, 11) is 0. The average molecular weight is 585 g/mol. The molecular weight excluding hydrogens is 528 g/mol. The first-order chi connectivity index (χ1) is 19.4. The summed E-state index contributed by atoms with van der Waals surface area (Å²) < 4.78 is 6.08. The minimum atomic E-state index is -1.14. The van der Waals surface area contributed by atoms with Crippen molar-refractivity contribution in [2.24, 2.45) is 68.5 Å². The van der Waals surface area contributed by atoms with Crippen molar-refractivity contribution in [2.75, 3.05) is 0 Å². The van der Waals surface area contributed by atoms with Crippen molar-refractivity contribution in [2.45, 2.75) is 126 Å². The van der Waals surface area contributed by atoms with Crippen LogP contribution in [0.4, 0.5) is 0 Å². The van der Waals surface area contributed by atoms with Crippen molar-refractivity contribution in [3.8, 4) is 0 Å². The second kappa shape index (κ2) is 10.1. The first kappa shape index (κ1) is 31.6. The topological polar surface area (TPSA) is 101 Å². The highest BCUT2D eigenvalue weighted by molar-refractivity contribution is 5.94. The Morgan fingerprint density at radius 2 is 1.48 bits per heavy atom. The number of fused-ring (bicyclic) bond motifs is 7. The number of hydrogen-bond donors (Lipinski definition) is 2. The van der Waals surface area contributed by atoms with E-state index in [1.165, 1.54) is 0 Å². The van der Waals surface area contributed by atoms with E-state index in [1.54, 1.807) is 13.8 Å². The fraction of sp³-hybridized carbons (Fsp3) is 0.861. The van der Waals surface area contributed by atoms with Crippen LogP contribution >= 0.6 is 0 Å². The quantitative estimate of drug-likeness (QED) is 0.186. The Morgan fingerprint density at radius 1 is 0.810 bits per heavy atom. The maximum absolute atomic E-state index is 13.1. The standard InChI is InChI=1S/C36H56O6/c1-20(2)22-12-17-36(31(40)41)19-18-34(8)23(28(22)36)10-11-25-33(7)15-14-26(42-30(39)27(21(3)4)29(37)38)32(5,6)24(33)13-16-35(25,34)9/h21-28H,1,10-19H2,2-9H3,(H,37,38)(H,40,41)/t22-,23+,24-,25+,26-,27?,28+,33-,34+,35+,36-/m0/s1. The van der Waals surface area contributed by atoms with Crippen LogP contribution in [0.15, 0.2) is 12.2 Å². The maximum atomic E-state index is 13.1. The van der Waals surface area contributed by atoms with Crippen molar-refractivity contribution < 1.29 is 29.3 Å². The minimum absolute atomic E-state index is 0.0744. The van der Waals surface area contributed by atoms with E-state index in [0.717, 1.165) is 69.8 Å². The number of esters is 1. The molecule has 5 rings (SSSR count). The lowest BCUT2D eigenvalue weighted by Gasteiger charge is -2.72. The summed E-state index contributed by atoms with van der Waals surface area (Å²) in [5, 5.41) is 20.3. The Morgan fingerprint density at radius 3 is 2.05 bits per heavy atom. The summed E-state index contributed by atoms with van der Waals surface area (Å²) in [5.74, 6) is -2.01. The van der Waals surface area contributed by atoms with Gasteiger partial charge in [0.15, 0.2) is 5.92 Å². The number of carboxylic acids is 2. The molecule has 0 aromatic heterocycles. The van der Waals surface area contributed by atoms with Crippen LogP contribution in [0.1, 0.15) is 120 Å². The molecule has 0 aromatic carbocycles. The molecule has 42 heavy (non-hydrogen) atoms. The van der Waals surface area contributed by atoms with Crippen molar-refractivity contribution in [1.82, 2.24) is 0 Å². The summed E-state index contributed by atoms with van der Waals surface area (Å²) >= 11 is 0. The molecule has 0 aliphatic heterocycles. The van der Waals surface area contributed by atoms with Crippen LogP contribution in [0.2, 0.25) is 0 Å². The third-order valence-electron chi connectivity index (χ3n) is 14.9.